The summed E-state index contributed by atoms with van der Waals surface area (Å²) < 4.78 is 11.5. The van der Waals surface area contributed by atoms with Crippen LogP contribution in [0.25, 0.3) is 5.76 Å². The van der Waals surface area contributed by atoms with Gasteiger partial charge in [0, 0.05) is 18.9 Å². The molecule has 2 atom stereocenters. The van der Waals surface area contributed by atoms with Crippen LogP contribution in [0.1, 0.15) is 51.9 Å². The highest BCUT2D eigenvalue weighted by Crippen LogP contribution is 2.45. The van der Waals surface area contributed by atoms with Crippen molar-refractivity contribution >= 4 is 39.7 Å². The van der Waals surface area contributed by atoms with Gasteiger partial charge in [-0.25, -0.2) is 4.98 Å². The molecule has 2 aromatic carbocycles. The van der Waals surface area contributed by atoms with Crippen molar-refractivity contribution in [1.82, 2.24) is 4.98 Å². The average Bonchev–Trinajstić information content (AvgIpc) is 3.54. The third kappa shape index (κ3) is 4.39. The van der Waals surface area contributed by atoms with Crippen LogP contribution >= 0.6 is 11.3 Å². The smallest absolute Gasteiger partial charge is 0.301 e. The van der Waals surface area contributed by atoms with E-state index in [1.807, 2.05) is 6.92 Å². The minimum Gasteiger partial charge on any atom is -0.507 e. The van der Waals surface area contributed by atoms with Crippen LogP contribution < -0.4 is 14.4 Å². The number of anilines is 1. The summed E-state index contributed by atoms with van der Waals surface area (Å²) in [6.45, 7) is 9.00. The van der Waals surface area contributed by atoms with E-state index >= 15 is 0 Å². The Balaban J connectivity index is 1.69. The Morgan fingerprint density at radius 3 is 2.79 bits per heavy atom. The summed E-state index contributed by atoms with van der Waals surface area (Å²) in [5, 5.41) is 11.7. The number of amides is 1. The van der Waals surface area contributed by atoms with Gasteiger partial charge in [0.25, 0.3) is 5.78 Å². The molecule has 38 heavy (non-hydrogen) atoms. The Morgan fingerprint density at radius 1 is 1.29 bits per heavy atom. The highest BCUT2D eigenvalue weighted by atomic mass is 32.1. The number of carbonyl (C=O) groups excluding carboxylic acids is 3. The number of benzene rings is 2. The first-order valence-electron chi connectivity index (χ1n) is 12.1. The van der Waals surface area contributed by atoms with E-state index in [0.29, 0.717) is 33.9 Å². The van der Waals surface area contributed by atoms with Crippen molar-refractivity contribution in [1.29, 1.82) is 0 Å². The third-order valence-electron chi connectivity index (χ3n) is 6.47. The molecule has 0 radical (unpaired) electrons. The van der Waals surface area contributed by atoms with Gasteiger partial charge < -0.3 is 14.6 Å². The number of ketones is 2. The molecule has 3 heterocycles. The van der Waals surface area contributed by atoms with Crippen molar-refractivity contribution in [2.75, 3.05) is 11.5 Å². The molecule has 9 heteroatoms. The Morgan fingerprint density at radius 2 is 2.08 bits per heavy atom. The lowest BCUT2D eigenvalue weighted by Gasteiger charge is -2.23. The van der Waals surface area contributed by atoms with Gasteiger partial charge in [0.15, 0.2) is 10.9 Å². The standard InChI is InChI=1S/C29H26N2O6S/c1-5-11-36-21-8-6-7-18(14-21)24-23(25(33)19-9-10-22-20(13-19)12-15(2)37-22)26(34)28(35)31(24)29-30-16(3)27(38-29)17(4)32/h5-10,13-15,24,33H,1,11-12H2,2-4H3/t15-,24+/m1/s1. The molecule has 0 spiro atoms. The molecule has 0 aliphatic carbocycles. The van der Waals surface area contributed by atoms with Crippen LogP contribution in [0.3, 0.4) is 0 Å². The quantitative estimate of drug-likeness (QED) is 0.148. The van der Waals surface area contributed by atoms with E-state index in [1.165, 1.54) is 11.8 Å². The van der Waals surface area contributed by atoms with Gasteiger partial charge in [0.1, 0.15) is 30.0 Å². The minimum absolute atomic E-state index is 0.00916. The molecular weight excluding hydrogens is 504 g/mol. The van der Waals surface area contributed by atoms with Crippen molar-refractivity contribution < 1.29 is 29.0 Å². The molecule has 8 nitrogen and oxygen atoms in total. The first kappa shape index (κ1) is 25.4. The Bertz CT molecular complexity index is 1520. The molecule has 2 aliphatic rings. The fraction of sp³-hybridized carbons (Fsp3) is 0.241. The van der Waals surface area contributed by atoms with Gasteiger partial charge in [-0.15, -0.1) is 0 Å². The predicted molar refractivity (Wildman–Crippen MR) is 144 cm³/mol. The molecule has 1 fully saturated rings. The van der Waals surface area contributed by atoms with Crippen molar-refractivity contribution in [3.8, 4) is 11.5 Å². The van der Waals surface area contributed by atoms with Crippen molar-refractivity contribution in [2.45, 2.75) is 39.3 Å². The van der Waals surface area contributed by atoms with Crippen LogP contribution in [0, 0.1) is 6.92 Å². The fourth-order valence-electron chi connectivity index (χ4n) is 4.81. The average molecular weight is 531 g/mol. The lowest BCUT2D eigenvalue weighted by molar-refractivity contribution is -0.132. The van der Waals surface area contributed by atoms with Crippen LogP contribution in [-0.2, 0) is 16.0 Å². The summed E-state index contributed by atoms with van der Waals surface area (Å²) in [6.07, 6.45) is 2.29. The molecule has 0 unspecified atom stereocenters. The maximum Gasteiger partial charge on any atom is 0.301 e. The summed E-state index contributed by atoms with van der Waals surface area (Å²) in [7, 11) is 0. The van der Waals surface area contributed by atoms with E-state index < -0.39 is 17.7 Å². The molecule has 1 saturated heterocycles. The monoisotopic (exact) mass is 530 g/mol. The van der Waals surface area contributed by atoms with Gasteiger partial charge in [0.2, 0.25) is 0 Å². The number of fused-ring (bicyclic) bond motifs is 1. The summed E-state index contributed by atoms with van der Waals surface area (Å²) in [5.41, 5.74) is 2.26. The van der Waals surface area contributed by atoms with Gasteiger partial charge in [-0.2, -0.15) is 0 Å². The lowest BCUT2D eigenvalue weighted by atomic mass is 9.94. The van der Waals surface area contributed by atoms with E-state index in [1.54, 1.807) is 55.5 Å². The van der Waals surface area contributed by atoms with E-state index in [9.17, 15) is 19.5 Å². The van der Waals surface area contributed by atoms with Gasteiger partial charge in [-0.3, -0.25) is 19.3 Å². The minimum atomic E-state index is -0.990. The van der Waals surface area contributed by atoms with Gasteiger partial charge >= 0.3 is 5.91 Å². The van der Waals surface area contributed by atoms with Crippen LogP contribution in [-0.4, -0.2) is 40.3 Å². The zero-order chi connectivity index (χ0) is 27.1. The van der Waals surface area contributed by atoms with Gasteiger partial charge in [-0.05, 0) is 55.3 Å². The Kier molecular flexibility index (Phi) is 6.62. The number of aliphatic hydroxyl groups excluding tert-OH is 1. The second-order valence-electron chi connectivity index (χ2n) is 9.26. The summed E-state index contributed by atoms with van der Waals surface area (Å²) in [5.74, 6) is -0.919. The maximum absolute atomic E-state index is 13.5. The van der Waals surface area contributed by atoms with Crippen LogP contribution in [0.2, 0.25) is 0 Å². The topological polar surface area (TPSA) is 106 Å². The number of nitrogens with zero attached hydrogens (tertiary/aromatic N) is 2. The molecule has 1 N–H and O–H groups in total. The number of aliphatic hydroxyl groups is 1. The van der Waals surface area contributed by atoms with Crippen molar-refractivity contribution in [2.24, 2.45) is 0 Å². The molecule has 0 bridgehead atoms. The van der Waals surface area contributed by atoms with Gasteiger partial charge in [0.05, 0.1) is 22.2 Å². The van der Waals surface area contributed by atoms with Gasteiger partial charge in [-0.1, -0.05) is 36.1 Å². The molecule has 1 aromatic heterocycles. The Labute approximate surface area is 223 Å². The molecule has 5 rings (SSSR count). The normalized spacial score (nSPS) is 19.8. The number of thiazole rings is 1. The number of rotatable bonds is 7. The maximum atomic E-state index is 13.5. The molecule has 2 aliphatic heterocycles. The number of hydrogen-bond acceptors (Lipinski definition) is 8. The highest BCUT2D eigenvalue weighted by Gasteiger charge is 2.48. The zero-order valence-electron chi connectivity index (χ0n) is 21.2. The molecule has 194 valence electrons. The number of ether oxygens (including phenoxy) is 2. The first-order valence-corrected chi connectivity index (χ1v) is 12.9. The summed E-state index contributed by atoms with van der Waals surface area (Å²) >= 11 is 1.04. The summed E-state index contributed by atoms with van der Waals surface area (Å²) in [4.78, 5) is 45.2. The second-order valence-corrected chi connectivity index (χ2v) is 10.2. The van der Waals surface area contributed by atoms with Crippen molar-refractivity contribution in [3.63, 3.8) is 0 Å². The zero-order valence-corrected chi connectivity index (χ0v) is 22.0. The number of carbonyl (C=O) groups is 3. The van der Waals surface area contributed by atoms with Crippen LogP contribution in [0.5, 0.6) is 11.5 Å². The first-order chi connectivity index (χ1) is 18.2. The van der Waals surface area contributed by atoms with E-state index in [0.717, 1.165) is 22.6 Å². The number of aryl methyl sites for hydroxylation is 1. The molecule has 0 saturated carbocycles. The number of aromatic nitrogens is 1. The summed E-state index contributed by atoms with van der Waals surface area (Å²) in [6, 6.07) is 11.2. The van der Waals surface area contributed by atoms with E-state index in [2.05, 4.69) is 11.6 Å². The van der Waals surface area contributed by atoms with Crippen LogP contribution in [0.4, 0.5) is 5.13 Å². The third-order valence-corrected chi connectivity index (χ3v) is 7.72. The largest absolute Gasteiger partial charge is 0.507 e. The van der Waals surface area contributed by atoms with Crippen molar-refractivity contribution in [3.05, 3.63) is 88.0 Å². The Hall–Kier alpha value is -4.24. The molecule has 3 aromatic rings. The molecule has 1 amide bonds. The predicted octanol–water partition coefficient (Wildman–Crippen LogP) is 5.17. The highest BCUT2D eigenvalue weighted by molar-refractivity contribution is 7.18. The second kappa shape index (κ2) is 9.90. The SMILES string of the molecule is C=CCOc1cccc([C@H]2C(=C(O)c3ccc4c(c3)C[C@@H](C)O4)C(=O)C(=O)N2c2nc(C)c(C(C)=O)s2)c1. The fourth-order valence-corrected chi connectivity index (χ4v) is 5.80. The van der Waals surface area contributed by atoms with E-state index in [-0.39, 0.29) is 35.0 Å². The number of hydrogen-bond donors (Lipinski definition) is 1. The van der Waals surface area contributed by atoms with Crippen LogP contribution in [0.15, 0.2) is 60.7 Å². The number of Topliss-reactive ketones (excluding diaryl/α,β-unsaturated/α-hetero) is 2. The lowest BCUT2D eigenvalue weighted by Crippen LogP contribution is -2.29. The van der Waals surface area contributed by atoms with E-state index in [4.69, 9.17) is 9.47 Å². The molecular formula is C29H26N2O6S.